The number of carbonyl (C=O) groups excluding carboxylic acids is 1. The smallest absolute Gasteiger partial charge is 0.293 e. The van der Waals surface area contributed by atoms with Crippen molar-refractivity contribution in [2.24, 2.45) is 5.73 Å². The first-order chi connectivity index (χ1) is 4.47. The predicted octanol–water partition coefficient (Wildman–Crippen LogP) is 0.923. The van der Waals surface area contributed by atoms with E-state index in [-0.39, 0.29) is 5.60 Å². The summed E-state index contributed by atoms with van der Waals surface area (Å²) in [6.45, 7) is 8.57. The summed E-state index contributed by atoms with van der Waals surface area (Å²) in [6, 6.07) is 0. The van der Waals surface area contributed by atoms with Crippen LogP contribution >= 0.6 is 0 Å². The van der Waals surface area contributed by atoms with Crippen LogP contribution in [0.5, 0.6) is 0 Å². The third-order valence-corrected chi connectivity index (χ3v) is 0.402. The molecule has 0 aliphatic rings. The maximum absolute atomic E-state index is 9.60. The number of carbonyl (C=O) groups is 1. The van der Waals surface area contributed by atoms with Crippen LogP contribution in [0.15, 0.2) is 0 Å². The second-order valence-corrected chi connectivity index (χ2v) is 2.73. The highest BCUT2D eigenvalue weighted by Gasteiger charge is 2.07. The summed E-state index contributed by atoms with van der Waals surface area (Å²) in [5, 5.41) is 0. The van der Waals surface area contributed by atoms with Gasteiger partial charge in [0.05, 0.1) is 0 Å². The van der Waals surface area contributed by atoms with Crippen molar-refractivity contribution in [1.82, 2.24) is 0 Å². The van der Waals surface area contributed by atoms with E-state index in [2.05, 4.69) is 4.74 Å². The van der Waals surface area contributed by atoms with E-state index in [0.29, 0.717) is 6.47 Å². The van der Waals surface area contributed by atoms with Crippen LogP contribution in [0.25, 0.3) is 0 Å². The predicted molar refractivity (Wildman–Crippen MR) is 41.6 cm³/mol. The van der Waals surface area contributed by atoms with Crippen LogP contribution in [0.2, 0.25) is 0 Å². The SMILES string of the molecule is CC(C)(C)OC=O.CCN. The quantitative estimate of drug-likeness (QED) is 0.561. The Morgan fingerprint density at radius 3 is 1.80 bits per heavy atom. The normalized spacial score (nSPS) is 9.30. The minimum Gasteiger partial charge on any atom is -0.462 e. The van der Waals surface area contributed by atoms with Crippen molar-refractivity contribution in [3.8, 4) is 0 Å². The molecule has 3 nitrogen and oxygen atoms in total. The van der Waals surface area contributed by atoms with Gasteiger partial charge < -0.3 is 10.5 Å². The van der Waals surface area contributed by atoms with Gasteiger partial charge in [-0.2, -0.15) is 0 Å². The molecule has 0 heterocycles. The Kier molecular flexibility index (Phi) is 7.95. The van der Waals surface area contributed by atoms with Crippen molar-refractivity contribution in [3.63, 3.8) is 0 Å². The van der Waals surface area contributed by atoms with Gasteiger partial charge in [0.2, 0.25) is 0 Å². The molecule has 0 aliphatic carbocycles. The maximum atomic E-state index is 9.60. The number of hydrogen-bond acceptors (Lipinski definition) is 3. The summed E-state index contributed by atoms with van der Waals surface area (Å²) < 4.78 is 4.55. The Morgan fingerprint density at radius 2 is 1.80 bits per heavy atom. The summed E-state index contributed by atoms with van der Waals surface area (Å²) in [6.07, 6.45) is 0. The topological polar surface area (TPSA) is 52.3 Å². The highest BCUT2D eigenvalue weighted by molar-refractivity contribution is 5.37. The Balaban J connectivity index is 0. The average Bonchev–Trinajstić information content (AvgIpc) is 1.63. The molecule has 10 heavy (non-hydrogen) atoms. The van der Waals surface area contributed by atoms with Gasteiger partial charge in [-0.25, -0.2) is 0 Å². The van der Waals surface area contributed by atoms with Gasteiger partial charge in [-0.1, -0.05) is 6.92 Å². The van der Waals surface area contributed by atoms with E-state index in [4.69, 9.17) is 5.73 Å². The summed E-state index contributed by atoms with van der Waals surface area (Å²) in [5.74, 6) is 0. The lowest BCUT2D eigenvalue weighted by Crippen LogP contribution is -2.17. The van der Waals surface area contributed by atoms with Crippen LogP contribution in [-0.4, -0.2) is 18.6 Å². The van der Waals surface area contributed by atoms with E-state index >= 15 is 0 Å². The molecule has 0 rings (SSSR count). The van der Waals surface area contributed by atoms with Crippen molar-refractivity contribution in [2.45, 2.75) is 33.3 Å². The molecule has 0 aromatic heterocycles. The molecule has 3 heteroatoms. The molecule has 0 radical (unpaired) electrons. The van der Waals surface area contributed by atoms with Gasteiger partial charge in [-0.15, -0.1) is 0 Å². The van der Waals surface area contributed by atoms with E-state index in [1.807, 2.05) is 27.7 Å². The number of ether oxygens (including phenoxy) is 1. The second-order valence-electron chi connectivity index (χ2n) is 2.73. The van der Waals surface area contributed by atoms with Crippen LogP contribution in [0.1, 0.15) is 27.7 Å². The fourth-order valence-corrected chi connectivity index (χ4v) is 0.144. The number of hydrogen-bond donors (Lipinski definition) is 1. The van der Waals surface area contributed by atoms with Gasteiger partial charge in [0.25, 0.3) is 6.47 Å². The minimum absolute atomic E-state index is 0.318. The van der Waals surface area contributed by atoms with Crippen molar-refractivity contribution in [2.75, 3.05) is 6.54 Å². The van der Waals surface area contributed by atoms with Gasteiger partial charge >= 0.3 is 0 Å². The maximum Gasteiger partial charge on any atom is 0.293 e. The Labute approximate surface area is 62.5 Å². The van der Waals surface area contributed by atoms with E-state index in [9.17, 15) is 4.79 Å². The molecule has 0 aromatic carbocycles. The average molecular weight is 147 g/mol. The second kappa shape index (κ2) is 6.55. The number of rotatable bonds is 1. The van der Waals surface area contributed by atoms with Crippen LogP contribution in [0.3, 0.4) is 0 Å². The van der Waals surface area contributed by atoms with Crippen LogP contribution in [-0.2, 0) is 9.53 Å². The van der Waals surface area contributed by atoms with E-state index in [1.165, 1.54) is 0 Å². The lowest BCUT2D eigenvalue weighted by atomic mass is 10.2. The monoisotopic (exact) mass is 147 g/mol. The zero-order chi connectivity index (χ0) is 8.62. The van der Waals surface area contributed by atoms with E-state index in [1.54, 1.807) is 0 Å². The Morgan fingerprint density at radius 1 is 1.50 bits per heavy atom. The van der Waals surface area contributed by atoms with Crippen LogP contribution in [0.4, 0.5) is 0 Å². The van der Waals surface area contributed by atoms with Crippen molar-refractivity contribution >= 4 is 6.47 Å². The molecule has 0 fully saturated rings. The molecular weight excluding hydrogens is 130 g/mol. The summed E-state index contributed by atoms with van der Waals surface area (Å²) in [5.41, 5.74) is 4.53. The van der Waals surface area contributed by atoms with E-state index < -0.39 is 0 Å². The molecule has 0 bridgehead atoms. The first-order valence-electron chi connectivity index (χ1n) is 3.29. The molecule has 62 valence electrons. The van der Waals surface area contributed by atoms with Crippen molar-refractivity contribution in [3.05, 3.63) is 0 Å². The molecular formula is C7H17NO2. The van der Waals surface area contributed by atoms with Gasteiger partial charge in [0.15, 0.2) is 0 Å². The van der Waals surface area contributed by atoms with Gasteiger partial charge in [-0.05, 0) is 27.3 Å². The van der Waals surface area contributed by atoms with Gasteiger partial charge in [0.1, 0.15) is 5.60 Å². The van der Waals surface area contributed by atoms with Crippen molar-refractivity contribution < 1.29 is 9.53 Å². The zero-order valence-electron chi connectivity index (χ0n) is 7.18. The molecule has 2 N–H and O–H groups in total. The van der Waals surface area contributed by atoms with Crippen molar-refractivity contribution in [1.29, 1.82) is 0 Å². The molecule has 0 saturated heterocycles. The summed E-state index contributed by atoms with van der Waals surface area (Å²) in [7, 11) is 0. The molecule has 0 aliphatic heterocycles. The highest BCUT2D eigenvalue weighted by atomic mass is 16.5. The fraction of sp³-hybridized carbons (Fsp3) is 0.857. The van der Waals surface area contributed by atoms with Crippen LogP contribution < -0.4 is 5.73 Å². The first-order valence-corrected chi connectivity index (χ1v) is 3.29. The Hall–Kier alpha value is -0.570. The standard InChI is InChI=1S/C5H10O2.C2H7N/c1-5(2,3)7-4-6;1-2-3/h4H,1-3H3;2-3H2,1H3. The van der Waals surface area contributed by atoms with E-state index in [0.717, 1.165) is 6.54 Å². The number of nitrogens with two attached hydrogens (primary N) is 1. The minimum atomic E-state index is -0.318. The third kappa shape index (κ3) is 26.1. The first kappa shape index (κ1) is 12.1. The highest BCUT2D eigenvalue weighted by Crippen LogP contribution is 2.02. The molecule has 0 amide bonds. The molecule has 0 spiro atoms. The molecule has 0 saturated carbocycles. The molecule has 0 aromatic rings. The lowest BCUT2D eigenvalue weighted by molar-refractivity contribution is -0.138. The van der Waals surface area contributed by atoms with Crippen LogP contribution in [0, 0.1) is 0 Å². The Bertz CT molecular complexity index is 76.2. The fourth-order valence-electron chi connectivity index (χ4n) is 0.144. The molecule has 0 atom stereocenters. The summed E-state index contributed by atoms with van der Waals surface area (Å²) in [4.78, 5) is 9.60. The van der Waals surface area contributed by atoms with Gasteiger partial charge in [0, 0.05) is 0 Å². The molecule has 0 unspecified atom stereocenters. The third-order valence-electron chi connectivity index (χ3n) is 0.402. The van der Waals surface area contributed by atoms with Gasteiger partial charge in [-0.3, -0.25) is 4.79 Å². The summed E-state index contributed by atoms with van der Waals surface area (Å²) >= 11 is 0. The lowest BCUT2D eigenvalue weighted by Gasteiger charge is -2.14. The zero-order valence-corrected chi connectivity index (χ0v) is 7.18. The largest absolute Gasteiger partial charge is 0.462 e.